The van der Waals surface area contributed by atoms with Crippen molar-refractivity contribution >= 4 is 9.82 Å². The van der Waals surface area contributed by atoms with Gasteiger partial charge in [0, 0.05) is 0 Å². The van der Waals surface area contributed by atoms with Gasteiger partial charge in [0.2, 0.25) is 0 Å². The molecule has 0 aromatic rings. The minimum atomic E-state index is -1.08. The molecule has 0 heterocycles. The Bertz CT molecular complexity index is 29.0. The van der Waals surface area contributed by atoms with Gasteiger partial charge in [-0.25, -0.2) is 0 Å². The minimum absolute atomic E-state index is 0. The maximum atomic E-state index is 8.86. The molecule has 0 fully saturated rings. The van der Waals surface area contributed by atoms with E-state index in [0.29, 0.717) is 0 Å². The van der Waals surface area contributed by atoms with E-state index >= 15 is 0 Å². The number of hydrogen-bond donors (Lipinski definition) is 0. The van der Waals surface area contributed by atoms with Crippen LogP contribution in [-0.4, -0.2) is 0 Å². The Morgan fingerprint density at radius 3 is 1.75 bits per heavy atom. The molecule has 0 unspecified atom stereocenters. The second-order valence-electron chi connectivity index (χ2n) is 0.0527. The first-order valence-electron chi connectivity index (χ1n) is 0.258. The molecular formula is CH4OPtS. The van der Waals surface area contributed by atoms with Crippen molar-refractivity contribution in [1.82, 2.24) is 0 Å². The third-order valence-corrected chi connectivity index (χ3v) is 0. The molecular weight excluding hydrogens is 255 g/mol. The van der Waals surface area contributed by atoms with E-state index < -0.39 is 16.7 Å². The Morgan fingerprint density at radius 1 is 1.75 bits per heavy atom. The zero-order valence-corrected chi connectivity index (χ0v) is 4.22. The van der Waals surface area contributed by atoms with Gasteiger partial charge < -0.3 is 0 Å². The zero-order chi connectivity index (χ0) is 2.71. The van der Waals surface area contributed by atoms with Crippen molar-refractivity contribution in [3.05, 3.63) is 0 Å². The van der Waals surface area contributed by atoms with Crippen molar-refractivity contribution in [2.24, 2.45) is 0 Å². The van der Waals surface area contributed by atoms with Gasteiger partial charge in [0.15, 0.2) is 0 Å². The third-order valence-electron chi connectivity index (χ3n) is 0. The fourth-order valence-corrected chi connectivity index (χ4v) is 0. The molecule has 0 aliphatic rings. The van der Waals surface area contributed by atoms with Gasteiger partial charge in [0.25, 0.3) is 0 Å². The summed E-state index contributed by atoms with van der Waals surface area (Å²) in [6.07, 6.45) is 0. The molecule has 0 atom stereocenters. The second-order valence-corrected chi connectivity index (χ2v) is 1.29. The van der Waals surface area contributed by atoms with Crippen LogP contribution in [-0.2, 0) is 20.1 Å². The number of hydrogen-bond acceptors (Lipinski definition) is 2. The van der Waals surface area contributed by atoms with Crippen LogP contribution in [0.2, 0.25) is 0 Å². The van der Waals surface area contributed by atoms with E-state index in [0.717, 1.165) is 0 Å². The van der Waals surface area contributed by atoms with Gasteiger partial charge in [-0.3, -0.25) is 0 Å². The van der Waals surface area contributed by atoms with Crippen molar-refractivity contribution < 1.29 is 20.1 Å². The van der Waals surface area contributed by atoms with Crippen LogP contribution in [0.5, 0.6) is 0 Å². The van der Waals surface area contributed by atoms with Crippen LogP contribution in [0.3, 0.4) is 0 Å². The summed E-state index contributed by atoms with van der Waals surface area (Å²) in [7, 11) is 3.95. The van der Waals surface area contributed by atoms with Crippen molar-refractivity contribution in [2.75, 3.05) is 0 Å². The van der Waals surface area contributed by atoms with Crippen molar-refractivity contribution in [2.45, 2.75) is 7.43 Å². The van der Waals surface area contributed by atoms with Crippen LogP contribution in [0.15, 0.2) is 0 Å². The molecule has 0 saturated carbocycles. The summed E-state index contributed by atoms with van der Waals surface area (Å²) < 4.78 is 8.86. The fraction of sp³-hybridized carbons (Fsp3) is 1.00. The van der Waals surface area contributed by atoms with Crippen molar-refractivity contribution in [1.29, 1.82) is 0 Å². The molecule has 1 nitrogen and oxygen atoms in total. The number of rotatable bonds is 0. The predicted octanol–water partition coefficient (Wildman–Crippen LogP) is 1.16. The first-order valence-corrected chi connectivity index (χ1v) is 4.23. The first-order chi connectivity index (χ1) is 1.41. The van der Waals surface area contributed by atoms with Gasteiger partial charge >= 0.3 is 29.9 Å². The summed E-state index contributed by atoms with van der Waals surface area (Å²) in [5.74, 6) is 0. The van der Waals surface area contributed by atoms with E-state index in [1.54, 1.807) is 0 Å². The monoisotopic (exact) mass is 259 g/mol. The second kappa shape index (κ2) is 9.32. The standard InChI is InChI=1S/CH4.O.Pt.S/h1H4;;;. The van der Waals surface area contributed by atoms with Gasteiger partial charge in [0.1, 0.15) is 0 Å². The van der Waals surface area contributed by atoms with Crippen molar-refractivity contribution in [3.8, 4) is 0 Å². The van der Waals surface area contributed by atoms with E-state index in [1.165, 1.54) is 0 Å². The molecule has 0 aliphatic heterocycles. The fourth-order valence-electron chi connectivity index (χ4n) is 0. The Labute approximate surface area is 37.7 Å². The van der Waals surface area contributed by atoms with Crippen LogP contribution in [0.25, 0.3) is 0 Å². The summed E-state index contributed by atoms with van der Waals surface area (Å²) in [5, 5.41) is 0. The van der Waals surface area contributed by atoms with Crippen LogP contribution < -0.4 is 0 Å². The molecule has 0 aliphatic carbocycles. The van der Waals surface area contributed by atoms with E-state index in [2.05, 4.69) is 9.82 Å². The maximum absolute atomic E-state index is 8.86. The molecule has 0 amide bonds. The van der Waals surface area contributed by atoms with E-state index in [4.69, 9.17) is 3.40 Å². The Kier molecular flexibility index (Phi) is 20.6. The molecule has 0 rings (SSSR count). The van der Waals surface area contributed by atoms with E-state index in [1.807, 2.05) is 0 Å². The molecule has 0 aromatic heterocycles. The van der Waals surface area contributed by atoms with Crippen LogP contribution >= 0.6 is 9.82 Å². The Morgan fingerprint density at radius 2 is 1.75 bits per heavy atom. The SMILES string of the molecule is C.[O]=[Pt]=[S]. The summed E-state index contributed by atoms with van der Waals surface area (Å²) in [6, 6.07) is 0. The normalized spacial score (nSPS) is 5.00. The Balaban J connectivity index is 0. The molecule has 0 aromatic carbocycles. The van der Waals surface area contributed by atoms with E-state index in [9.17, 15) is 0 Å². The quantitative estimate of drug-likeness (QED) is 0.649. The van der Waals surface area contributed by atoms with E-state index in [-0.39, 0.29) is 7.43 Å². The summed E-state index contributed by atoms with van der Waals surface area (Å²) in [6.45, 7) is 0. The molecule has 3 heteroatoms. The van der Waals surface area contributed by atoms with Gasteiger partial charge in [-0.2, -0.15) is 0 Å². The van der Waals surface area contributed by atoms with Crippen LogP contribution in [0, 0.1) is 0 Å². The van der Waals surface area contributed by atoms with Gasteiger partial charge in [-0.15, -0.1) is 0 Å². The van der Waals surface area contributed by atoms with Crippen molar-refractivity contribution in [3.63, 3.8) is 0 Å². The molecule has 0 spiro atoms. The molecule has 0 bridgehead atoms. The zero-order valence-electron chi connectivity index (χ0n) is 1.13. The topological polar surface area (TPSA) is 17.1 Å². The molecule has 0 saturated heterocycles. The molecule has 0 radical (unpaired) electrons. The molecule has 4 heavy (non-hydrogen) atoms. The molecule has 0 N–H and O–H groups in total. The van der Waals surface area contributed by atoms with Gasteiger partial charge in [0.05, 0.1) is 0 Å². The first kappa shape index (κ1) is 8.83. The summed E-state index contributed by atoms with van der Waals surface area (Å²) in [5.41, 5.74) is 0. The van der Waals surface area contributed by atoms with Crippen LogP contribution in [0.1, 0.15) is 7.43 Å². The van der Waals surface area contributed by atoms with Gasteiger partial charge in [-0.05, 0) is 0 Å². The van der Waals surface area contributed by atoms with Gasteiger partial charge in [-0.1, -0.05) is 7.43 Å². The third kappa shape index (κ3) is 15.8. The summed E-state index contributed by atoms with van der Waals surface area (Å²) in [4.78, 5) is 0. The average molecular weight is 259 g/mol. The Hall–Kier alpha value is 0.708. The summed E-state index contributed by atoms with van der Waals surface area (Å²) >= 11 is -1.08. The predicted molar refractivity (Wildman–Crippen MR) is 15.0 cm³/mol. The molecule has 30 valence electrons. The average Bonchev–Trinajstić information content (AvgIpc) is 0.918. The van der Waals surface area contributed by atoms with Crippen LogP contribution in [0.4, 0.5) is 0 Å².